The number of ether oxygens (including phenoxy) is 1. The van der Waals surface area contributed by atoms with Gasteiger partial charge in [-0.05, 0) is 39.8 Å². The van der Waals surface area contributed by atoms with Gasteiger partial charge in [-0.25, -0.2) is 10.1 Å². The molecule has 0 aromatic heterocycles. The van der Waals surface area contributed by atoms with E-state index in [0.29, 0.717) is 5.61 Å². The molecule has 2 aliphatic rings. The third-order valence-corrected chi connectivity index (χ3v) is 3.55. The van der Waals surface area contributed by atoms with Crippen molar-refractivity contribution in [3.8, 4) is 0 Å². The van der Waals surface area contributed by atoms with Gasteiger partial charge in [0.25, 0.3) is 0 Å². The molecule has 2 aliphatic heterocycles. The molecule has 5 nitrogen and oxygen atoms in total. The average molecular weight is 250 g/mol. The Balaban J connectivity index is 2.21. The number of hydrogen-bond acceptors (Lipinski definition) is 4. The smallest absolute Gasteiger partial charge is 0.464 e. The van der Waals surface area contributed by atoms with Crippen molar-refractivity contribution in [2.75, 3.05) is 7.11 Å². The molecule has 2 heterocycles. The lowest BCUT2D eigenvalue weighted by molar-refractivity contribution is 0.00578. The molecule has 6 heteroatoms. The maximum absolute atomic E-state index is 11.3. The van der Waals surface area contributed by atoms with E-state index in [9.17, 15) is 5.11 Å². The van der Waals surface area contributed by atoms with E-state index >= 15 is 0 Å². The summed E-state index contributed by atoms with van der Waals surface area (Å²) < 4.78 is 16.3. The van der Waals surface area contributed by atoms with Gasteiger partial charge in [-0.1, -0.05) is 0 Å². The number of aliphatic imine (C=N–C) groups is 1. The molecule has 0 bridgehead atoms. The number of rotatable bonds is 2. The minimum absolute atomic E-state index is 0.266. The summed E-state index contributed by atoms with van der Waals surface area (Å²) >= 11 is 0. The Labute approximate surface area is 107 Å². The molecule has 0 unspecified atom stereocenters. The SMILES string of the molecule is COC([O])=C1C=CC(B2OC(C)(C)C(C)(C)O2)=N1. The molecule has 1 radical (unpaired) electrons. The van der Waals surface area contributed by atoms with Crippen LogP contribution in [0.4, 0.5) is 0 Å². The molecule has 0 atom stereocenters. The zero-order valence-electron chi connectivity index (χ0n) is 11.3. The molecule has 0 aromatic carbocycles. The summed E-state index contributed by atoms with van der Waals surface area (Å²) in [6.45, 7) is 7.88. The average Bonchev–Trinajstić information content (AvgIpc) is 2.82. The van der Waals surface area contributed by atoms with Gasteiger partial charge in [0.15, 0.2) is 0 Å². The van der Waals surface area contributed by atoms with Crippen molar-refractivity contribution in [1.29, 1.82) is 0 Å². The summed E-state index contributed by atoms with van der Waals surface area (Å²) in [5.74, 6) is -0.460. The Morgan fingerprint density at radius 2 is 1.78 bits per heavy atom. The second-order valence-electron chi connectivity index (χ2n) is 5.34. The van der Waals surface area contributed by atoms with E-state index in [2.05, 4.69) is 9.73 Å². The lowest BCUT2D eigenvalue weighted by atomic mass is 9.82. The minimum atomic E-state index is -0.548. The molecule has 18 heavy (non-hydrogen) atoms. The topological polar surface area (TPSA) is 60.0 Å². The molecule has 0 aromatic rings. The van der Waals surface area contributed by atoms with Gasteiger partial charge in [0.05, 0.1) is 23.9 Å². The molecule has 0 amide bonds. The number of nitrogens with zero attached hydrogens (tertiary/aromatic N) is 1. The van der Waals surface area contributed by atoms with Crippen molar-refractivity contribution in [3.63, 3.8) is 0 Å². The van der Waals surface area contributed by atoms with Crippen LogP contribution in [0.25, 0.3) is 0 Å². The van der Waals surface area contributed by atoms with E-state index in [4.69, 9.17) is 9.31 Å². The van der Waals surface area contributed by atoms with E-state index in [1.807, 2.05) is 27.7 Å². The Bertz CT molecular complexity index is 435. The van der Waals surface area contributed by atoms with Crippen molar-refractivity contribution in [2.45, 2.75) is 38.9 Å². The summed E-state index contributed by atoms with van der Waals surface area (Å²) in [5, 5.41) is 11.3. The molecule has 0 aliphatic carbocycles. The molecule has 1 fully saturated rings. The number of hydrogen-bond donors (Lipinski definition) is 0. The maximum atomic E-state index is 11.3. The van der Waals surface area contributed by atoms with Gasteiger partial charge in [0, 0.05) is 0 Å². The quantitative estimate of drug-likeness (QED) is 0.555. The Kier molecular flexibility index (Phi) is 3.03. The zero-order chi connectivity index (χ0) is 13.6. The molecule has 0 saturated carbocycles. The number of methoxy groups -OCH3 is 1. The summed E-state index contributed by atoms with van der Waals surface area (Å²) in [5.41, 5.74) is 0.0284. The van der Waals surface area contributed by atoms with Crippen LogP contribution in [-0.2, 0) is 19.2 Å². The fourth-order valence-corrected chi connectivity index (χ4v) is 1.69. The minimum Gasteiger partial charge on any atom is -0.464 e. The summed E-state index contributed by atoms with van der Waals surface area (Å²) in [7, 11) is 0.777. The normalized spacial score (nSPS) is 27.4. The van der Waals surface area contributed by atoms with Crippen LogP contribution in [0, 0.1) is 0 Å². The third-order valence-electron chi connectivity index (χ3n) is 3.55. The molecule has 0 spiro atoms. The summed E-state index contributed by atoms with van der Waals surface area (Å²) in [6, 6.07) is 0. The van der Waals surface area contributed by atoms with Crippen LogP contribution >= 0.6 is 0 Å². The van der Waals surface area contributed by atoms with Crippen LogP contribution < -0.4 is 0 Å². The fourth-order valence-electron chi connectivity index (χ4n) is 1.69. The lowest BCUT2D eigenvalue weighted by Crippen LogP contribution is -2.41. The third kappa shape index (κ3) is 2.06. The second kappa shape index (κ2) is 4.14. The van der Waals surface area contributed by atoms with Gasteiger partial charge >= 0.3 is 13.1 Å². The first-order valence-electron chi connectivity index (χ1n) is 5.84. The highest BCUT2D eigenvalue weighted by Gasteiger charge is 2.53. The van der Waals surface area contributed by atoms with Crippen LogP contribution in [0.1, 0.15) is 27.7 Å². The second-order valence-corrected chi connectivity index (χ2v) is 5.34. The molecular formula is C12H17BNO4. The van der Waals surface area contributed by atoms with Gasteiger partial charge in [-0.3, -0.25) is 0 Å². The highest BCUT2D eigenvalue weighted by atomic mass is 16.7. The van der Waals surface area contributed by atoms with Crippen molar-refractivity contribution < 1.29 is 19.2 Å². The van der Waals surface area contributed by atoms with Crippen LogP contribution in [0.15, 0.2) is 28.8 Å². The first kappa shape index (κ1) is 13.2. The van der Waals surface area contributed by atoms with Crippen LogP contribution in [0.3, 0.4) is 0 Å². The first-order valence-corrected chi connectivity index (χ1v) is 5.84. The monoisotopic (exact) mass is 250 g/mol. The maximum Gasteiger partial charge on any atom is 0.514 e. The summed E-state index contributed by atoms with van der Waals surface area (Å²) in [4.78, 5) is 4.17. The molecule has 97 valence electrons. The van der Waals surface area contributed by atoms with Crippen molar-refractivity contribution in [2.24, 2.45) is 4.99 Å². The molecule has 0 N–H and O–H groups in total. The molecule has 1 saturated heterocycles. The van der Waals surface area contributed by atoms with E-state index in [1.54, 1.807) is 12.2 Å². The van der Waals surface area contributed by atoms with Crippen molar-refractivity contribution in [3.05, 3.63) is 23.8 Å². The highest BCUT2D eigenvalue weighted by molar-refractivity contribution is 6.85. The van der Waals surface area contributed by atoms with Crippen LogP contribution in [-0.4, -0.2) is 31.0 Å². The Morgan fingerprint density at radius 3 is 2.28 bits per heavy atom. The molecule has 2 rings (SSSR count). The number of allylic oxidation sites excluding steroid dienone is 2. The van der Waals surface area contributed by atoms with Gasteiger partial charge in [0.2, 0.25) is 0 Å². The van der Waals surface area contributed by atoms with Crippen molar-refractivity contribution >= 4 is 12.7 Å². The Morgan fingerprint density at radius 1 is 1.22 bits per heavy atom. The molecular weight excluding hydrogens is 233 g/mol. The summed E-state index contributed by atoms with van der Waals surface area (Å²) in [6.07, 6.45) is 3.32. The van der Waals surface area contributed by atoms with E-state index in [1.165, 1.54) is 7.11 Å². The predicted octanol–water partition coefficient (Wildman–Crippen LogP) is 1.87. The zero-order valence-corrected chi connectivity index (χ0v) is 11.3. The van der Waals surface area contributed by atoms with E-state index < -0.39 is 24.3 Å². The van der Waals surface area contributed by atoms with Gasteiger partial charge in [-0.15, -0.1) is 0 Å². The largest absolute Gasteiger partial charge is 0.514 e. The lowest BCUT2D eigenvalue weighted by Gasteiger charge is -2.32. The van der Waals surface area contributed by atoms with E-state index in [0.717, 1.165) is 0 Å². The van der Waals surface area contributed by atoms with Gasteiger partial charge < -0.3 is 14.0 Å². The first-order chi connectivity index (χ1) is 8.27. The van der Waals surface area contributed by atoms with Crippen LogP contribution in [0.5, 0.6) is 0 Å². The Hall–Kier alpha value is -1.27. The van der Waals surface area contributed by atoms with Gasteiger partial charge in [0.1, 0.15) is 5.70 Å². The standard InChI is InChI=1S/C12H17BNO4/c1-11(2)12(3,4)18-13(17-11)9-7-6-8(14-9)10(15)16-5/h6-7H,1-5H3. The van der Waals surface area contributed by atoms with Crippen LogP contribution in [0.2, 0.25) is 0 Å². The highest BCUT2D eigenvalue weighted by Crippen LogP contribution is 2.37. The van der Waals surface area contributed by atoms with Crippen molar-refractivity contribution in [1.82, 2.24) is 0 Å². The predicted molar refractivity (Wildman–Crippen MR) is 67.4 cm³/mol. The fraction of sp³-hybridized carbons (Fsp3) is 0.583. The van der Waals surface area contributed by atoms with Gasteiger partial charge in [-0.2, -0.15) is 0 Å². The van der Waals surface area contributed by atoms with E-state index in [-0.39, 0.29) is 5.70 Å².